The summed E-state index contributed by atoms with van der Waals surface area (Å²) in [4.78, 5) is 26.4. The van der Waals surface area contributed by atoms with E-state index in [9.17, 15) is 9.59 Å². The van der Waals surface area contributed by atoms with E-state index in [4.69, 9.17) is 16.6 Å². The zero-order valence-corrected chi connectivity index (χ0v) is 14.4. The Morgan fingerprint density at radius 2 is 1.75 bits per heavy atom. The number of aryl methyl sites for hydroxylation is 3. The van der Waals surface area contributed by atoms with E-state index >= 15 is 0 Å². The maximum atomic E-state index is 12.8. The SMILES string of the molecule is Cc1cc(C)cc(N2C(=O)C(=Cc3ccc(C)o3)C(=O)NC2=S)c1. The minimum absolute atomic E-state index is 0.0166. The third-order valence-electron chi connectivity index (χ3n) is 3.61. The monoisotopic (exact) mass is 340 g/mol. The summed E-state index contributed by atoms with van der Waals surface area (Å²) in [5.74, 6) is 0.147. The average molecular weight is 340 g/mol. The first-order valence-corrected chi connectivity index (χ1v) is 7.82. The number of carbonyl (C=O) groups excluding carboxylic acids is 2. The number of hydrogen-bond donors (Lipinski definition) is 1. The molecule has 1 N–H and O–H groups in total. The van der Waals surface area contributed by atoms with E-state index in [1.807, 2.05) is 32.0 Å². The molecule has 1 aliphatic rings. The topological polar surface area (TPSA) is 62.6 Å². The van der Waals surface area contributed by atoms with Crippen molar-refractivity contribution in [1.29, 1.82) is 0 Å². The van der Waals surface area contributed by atoms with E-state index in [2.05, 4.69) is 5.32 Å². The Morgan fingerprint density at radius 3 is 2.33 bits per heavy atom. The molecule has 122 valence electrons. The lowest BCUT2D eigenvalue weighted by Crippen LogP contribution is -2.54. The van der Waals surface area contributed by atoms with Gasteiger partial charge in [0.2, 0.25) is 0 Å². The van der Waals surface area contributed by atoms with Crippen molar-refractivity contribution in [2.75, 3.05) is 4.90 Å². The van der Waals surface area contributed by atoms with Crippen molar-refractivity contribution in [1.82, 2.24) is 5.32 Å². The van der Waals surface area contributed by atoms with Crippen molar-refractivity contribution in [2.24, 2.45) is 0 Å². The number of rotatable bonds is 2. The molecule has 1 aliphatic heterocycles. The van der Waals surface area contributed by atoms with Crippen molar-refractivity contribution in [3.8, 4) is 0 Å². The molecule has 2 heterocycles. The molecule has 24 heavy (non-hydrogen) atoms. The molecule has 5 nitrogen and oxygen atoms in total. The van der Waals surface area contributed by atoms with E-state index in [-0.39, 0.29) is 10.7 Å². The van der Waals surface area contributed by atoms with Gasteiger partial charge in [0.15, 0.2) is 5.11 Å². The van der Waals surface area contributed by atoms with Gasteiger partial charge in [0.05, 0.1) is 5.69 Å². The highest BCUT2D eigenvalue weighted by Gasteiger charge is 2.34. The van der Waals surface area contributed by atoms with Gasteiger partial charge in [0, 0.05) is 0 Å². The number of nitrogens with zero attached hydrogens (tertiary/aromatic N) is 1. The van der Waals surface area contributed by atoms with Crippen LogP contribution in [0.3, 0.4) is 0 Å². The first-order chi connectivity index (χ1) is 11.3. The zero-order valence-electron chi connectivity index (χ0n) is 13.5. The summed E-state index contributed by atoms with van der Waals surface area (Å²) < 4.78 is 5.43. The van der Waals surface area contributed by atoms with Crippen LogP contribution in [-0.2, 0) is 9.59 Å². The van der Waals surface area contributed by atoms with Crippen LogP contribution in [0.25, 0.3) is 6.08 Å². The second-order valence-electron chi connectivity index (χ2n) is 5.75. The van der Waals surface area contributed by atoms with Crippen LogP contribution >= 0.6 is 12.2 Å². The van der Waals surface area contributed by atoms with Crippen molar-refractivity contribution in [3.63, 3.8) is 0 Å². The first kappa shape index (κ1) is 16.1. The lowest BCUT2D eigenvalue weighted by molar-refractivity contribution is -0.122. The molecule has 2 aromatic rings. The van der Waals surface area contributed by atoms with E-state index in [0.717, 1.165) is 11.1 Å². The molecule has 1 aromatic heterocycles. The number of carbonyl (C=O) groups is 2. The molecule has 0 atom stereocenters. The fourth-order valence-corrected chi connectivity index (χ4v) is 2.93. The highest BCUT2D eigenvalue weighted by molar-refractivity contribution is 7.80. The molecule has 3 rings (SSSR count). The van der Waals surface area contributed by atoms with E-state index in [1.54, 1.807) is 19.1 Å². The van der Waals surface area contributed by atoms with Gasteiger partial charge in [0.25, 0.3) is 11.8 Å². The molecular weight excluding hydrogens is 324 g/mol. The maximum Gasteiger partial charge on any atom is 0.270 e. The summed E-state index contributed by atoms with van der Waals surface area (Å²) >= 11 is 5.19. The van der Waals surface area contributed by atoms with Crippen LogP contribution in [0.15, 0.2) is 40.3 Å². The molecule has 0 radical (unpaired) electrons. The Morgan fingerprint density at radius 1 is 1.08 bits per heavy atom. The van der Waals surface area contributed by atoms with Crippen LogP contribution < -0.4 is 10.2 Å². The number of thiocarbonyl (C=S) groups is 1. The number of hydrogen-bond acceptors (Lipinski definition) is 4. The number of nitrogens with one attached hydrogen (secondary N) is 1. The standard InChI is InChI=1S/C18H16N2O3S/c1-10-6-11(2)8-13(7-10)20-17(22)15(16(21)19-18(20)24)9-14-5-4-12(3)23-14/h4-9H,1-3H3,(H,19,21,24). The number of amides is 2. The van der Waals surface area contributed by atoms with Gasteiger partial charge in [0.1, 0.15) is 17.1 Å². The zero-order chi connectivity index (χ0) is 17.4. The lowest BCUT2D eigenvalue weighted by Gasteiger charge is -2.29. The van der Waals surface area contributed by atoms with Crippen molar-refractivity contribution < 1.29 is 14.0 Å². The molecule has 0 unspecified atom stereocenters. The predicted molar refractivity (Wildman–Crippen MR) is 95.6 cm³/mol. The molecule has 0 spiro atoms. The van der Waals surface area contributed by atoms with Gasteiger partial charge in [-0.05, 0) is 74.5 Å². The molecule has 0 aliphatic carbocycles. The highest BCUT2D eigenvalue weighted by Crippen LogP contribution is 2.24. The Labute approximate surface area is 144 Å². The smallest absolute Gasteiger partial charge is 0.270 e. The summed E-state index contributed by atoms with van der Waals surface area (Å²) in [7, 11) is 0. The Balaban J connectivity index is 2.04. The van der Waals surface area contributed by atoms with Crippen LogP contribution in [0.2, 0.25) is 0 Å². The first-order valence-electron chi connectivity index (χ1n) is 7.41. The van der Waals surface area contributed by atoms with Crippen LogP contribution in [0.5, 0.6) is 0 Å². The number of anilines is 1. The van der Waals surface area contributed by atoms with Gasteiger partial charge < -0.3 is 4.42 Å². The minimum atomic E-state index is -0.528. The summed E-state index contributed by atoms with van der Waals surface area (Å²) in [6, 6.07) is 9.18. The fourth-order valence-electron chi connectivity index (χ4n) is 2.64. The molecule has 1 fully saturated rings. The third-order valence-corrected chi connectivity index (χ3v) is 3.90. The second kappa shape index (κ2) is 6.05. The molecule has 1 saturated heterocycles. The summed E-state index contributed by atoms with van der Waals surface area (Å²) in [6.07, 6.45) is 1.43. The molecule has 6 heteroatoms. The van der Waals surface area contributed by atoms with Gasteiger partial charge in [-0.2, -0.15) is 0 Å². The van der Waals surface area contributed by atoms with Crippen LogP contribution in [0.1, 0.15) is 22.6 Å². The normalized spacial score (nSPS) is 16.7. The predicted octanol–water partition coefficient (Wildman–Crippen LogP) is 3.04. The summed E-state index contributed by atoms with van der Waals surface area (Å²) in [5.41, 5.74) is 2.62. The quantitative estimate of drug-likeness (QED) is 0.518. The third kappa shape index (κ3) is 3.00. The van der Waals surface area contributed by atoms with Crippen molar-refractivity contribution >= 4 is 40.9 Å². The van der Waals surface area contributed by atoms with Crippen molar-refractivity contribution in [2.45, 2.75) is 20.8 Å². The van der Waals surface area contributed by atoms with Gasteiger partial charge in [-0.15, -0.1) is 0 Å². The van der Waals surface area contributed by atoms with Gasteiger partial charge in [-0.1, -0.05) is 6.07 Å². The second-order valence-corrected chi connectivity index (χ2v) is 6.14. The minimum Gasteiger partial charge on any atom is -0.462 e. The highest BCUT2D eigenvalue weighted by atomic mass is 32.1. The van der Waals surface area contributed by atoms with Crippen LogP contribution in [0, 0.1) is 20.8 Å². The maximum absolute atomic E-state index is 12.8. The van der Waals surface area contributed by atoms with Gasteiger partial charge in [-0.25, -0.2) is 0 Å². The molecule has 2 amide bonds. The molecule has 0 saturated carbocycles. The van der Waals surface area contributed by atoms with Crippen LogP contribution in [-0.4, -0.2) is 16.9 Å². The lowest BCUT2D eigenvalue weighted by atomic mass is 10.1. The van der Waals surface area contributed by atoms with E-state index in [1.165, 1.54) is 11.0 Å². The van der Waals surface area contributed by atoms with Gasteiger partial charge in [-0.3, -0.25) is 19.8 Å². The van der Waals surface area contributed by atoms with Crippen LogP contribution in [0.4, 0.5) is 5.69 Å². The molecule has 0 bridgehead atoms. The summed E-state index contributed by atoms with van der Waals surface area (Å²) in [6.45, 7) is 5.67. The Hall–Kier alpha value is -2.73. The fraction of sp³-hybridized carbons (Fsp3) is 0.167. The van der Waals surface area contributed by atoms with Gasteiger partial charge >= 0.3 is 0 Å². The average Bonchev–Trinajstić information content (AvgIpc) is 2.87. The number of furan rings is 1. The Bertz CT molecular complexity index is 875. The van der Waals surface area contributed by atoms with E-state index < -0.39 is 11.8 Å². The Kier molecular flexibility index (Phi) is 4.07. The summed E-state index contributed by atoms with van der Waals surface area (Å²) in [5, 5.41) is 2.63. The molecule has 1 aromatic carbocycles. The largest absolute Gasteiger partial charge is 0.462 e. The van der Waals surface area contributed by atoms with Crippen molar-refractivity contribution in [3.05, 3.63) is 58.6 Å². The van der Waals surface area contributed by atoms with E-state index in [0.29, 0.717) is 17.2 Å². The number of benzene rings is 1. The molecular formula is C18H16N2O3S.